The Morgan fingerprint density at radius 2 is 1.72 bits per heavy atom. The number of aryl methyl sites for hydroxylation is 1. The minimum atomic E-state index is -0.414. The zero-order valence-corrected chi connectivity index (χ0v) is 9.91. The number of carbonyl (C=O) groups is 1. The van der Waals surface area contributed by atoms with Crippen LogP contribution >= 0.6 is 0 Å². The molecule has 92 valence electrons. The molecule has 0 aliphatic heterocycles. The van der Waals surface area contributed by atoms with Crippen LogP contribution in [0.25, 0.3) is 0 Å². The Bertz CT molecular complexity index is 569. The molecule has 4 heteroatoms. The number of nitrogens with one attached hydrogen (secondary N) is 2. The first-order valence-corrected chi connectivity index (χ1v) is 5.55. The lowest BCUT2D eigenvalue weighted by Gasteiger charge is -2.10. The molecule has 0 heterocycles. The summed E-state index contributed by atoms with van der Waals surface area (Å²) < 4.78 is 13.3. The summed E-state index contributed by atoms with van der Waals surface area (Å²) in [6.45, 7) is 1.85. The van der Waals surface area contributed by atoms with Crippen LogP contribution in [0.2, 0.25) is 0 Å². The Labute approximate surface area is 105 Å². The van der Waals surface area contributed by atoms with E-state index in [2.05, 4.69) is 10.9 Å². The Morgan fingerprint density at radius 3 is 2.44 bits per heavy atom. The number of hydrogen-bond acceptors (Lipinski definition) is 2. The van der Waals surface area contributed by atoms with Gasteiger partial charge in [0.1, 0.15) is 5.82 Å². The molecular formula is C14H13FN2O. The van der Waals surface area contributed by atoms with Gasteiger partial charge in [0.25, 0.3) is 5.91 Å². The first-order chi connectivity index (χ1) is 8.68. The molecule has 3 nitrogen and oxygen atoms in total. The SMILES string of the molecule is Cc1ccccc1C(=O)NNc1ccccc1F. The summed E-state index contributed by atoms with van der Waals surface area (Å²) in [6, 6.07) is 13.3. The van der Waals surface area contributed by atoms with Gasteiger partial charge in [-0.15, -0.1) is 0 Å². The molecular weight excluding hydrogens is 231 g/mol. The molecule has 2 N–H and O–H groups in total. The number of amides is 1. The van der Waals surface area contributed by atoms with E-state index >= 15 is 0 Å². The van der Waals surface area contributed by atoms with Crippen molar-refractivity contribution in [3.63, 3.8) is 0 Å². The number of benzene rings is 2. The second-order valence-corrected chi connectivity index (χ2v) is 3.87. The van der Waals surface area contributed by atoms with Crippen molar-refractivity contribution >= 4 is 11.6 Å². The van der Waals surface area contributed by atoms with Gasteiger partial charge >= 0.3 is 0 Å². The van der Waals surface area contributed by atoms with Crippen molar-refractivity contribution in [1.82, 2.24) is 5.43 Å². The molecule has 0 bridgehead atoms. The zero-order valence-electron chi connectivity index (χ0n) is 9.91. The fraction of sp³-hybridized carbons (Fsp3) is 0.0714. The summed E-state index contributed by atoms with van der Waals surface area (Å²) in [5.74, 6) is -0.709. The average molecular weight is 244 g/mol. The topological polar surface area (TPSA) is 41.1 Å². The van der Waals surface area contributed by atoms with Crippen molar-refractivity contribution in [3.8, 4) is 0 Å². The van der Waals surface area contributed by atoms with E-state index in [0.29, 0.717) is 5.56 Å². The van der Waals surface area contributed by atoms with Crippen molar-refractivity contribution in [2.24, 2.45) is 0 Å². The molecule has 2 rings (SSSR count). The van der Waals surface area contributed by atoms with Gasteiger partial charge in [0.05, 0.1) is 5.69 Å². The second-order valence-electron chi connectivity index (χ2n) is 3.87. The second kappa shape index (κ2) is 5.31. The van der Waals surface area contributed by atoms with Crippen LogP contribution in [0.5, 0.6) is 0 Å². The third-order valence-electron chi connectivity index (χ3n) is 2.57. The quantitative estimate of drug-likeness (QED) is 0.815. The largest absolute Gasteiger partial charge is 0.295 e. The zero-order chi connectivity index (χ0) is 13.0. The molecule has 1 amide bonds. The van der Waals surface area contributed by atoms with E-state index in [1.54, 1.807) is 30.3 Å². The number of para-hydroxylation sites is 1. The number of halogens is 1. The van der Waals surface area contributed by atoms with Gasteiger partial charge in [-0.1, -0.05) is 30.3 Å². The summed E-state index contributed by atoms with van der Waals surface area (Å²) in [7, 11) is 0. The molecule has 0 aliphatic carbocycles. The molecule has 0 unspecified atom stereocenters. The van der Waals surface area contributed by atoms with Crippen LogP contribution in [0, 0.1) is 12.7 Å². The van der Waals surface area contributed by atoms with E-state index in [1.165, 1.54) is 6.07 Å². The molecule has 0 spiro atoms. The lowest BCUT2D eigenvalue weighted by atomic mass is 10.1. The van der Waals surface area contributed by atoms with E-state index in [0.717, 1.165) is 5.56 Å². The highest BCUT2D eigenvalue weighted by Crippen LogP contribution is 2.11. The number of anilines is 1. The normalized spacial score (nSPS) is 9.89. The molecule has 0 aromatic heterocycles. The highest BCUT2D eigenvalue weighted by molar-refractivity contribution is 5.96. The molecule has 2 aromatic rings. The Balaban J connectivity index is 2.06. The standard InChI is InChI=1S/C14H13FN2O/c1-10-6-2-3-7-11(10)14(18)17-16-13-9-5-4-8-12(13)15/h2-9,16H,1H3,(H,17,18). The third kappa shape index (κ3) is 2.66. The molecule has 0 radical (unpaired) electrons. The summed E-state index contributed by atoms with van der Waals surface area (Å²) in [4.78, 5) is 11.9. The molecule has 0 atom stereocenters. The molecule has 2 aromatic carbocycles. The van der Waals surface area contributed by atoms with Crippen LogP contribution in [-0.2, 0) is 0 Å². The van der Waals surface area contributed by atoms with E-state index in [9.17, 15) is 9.18 Å². The first kappa shape index (κ1) is 12.1. The van der Waals surface area contributed by atoms with Gasteiger partial charge in [-0.3, -0.25) is 15.6 Å². The maximum atomic E-state index is 13.3. The predicted octanol–water partition coefficient (Wildman–Crippen LogP) is 2.89. The van der Waals surface area contributed by atoms with Crippen molar-refractivity contribution in [2.75, 3.05) is 5.43 Å². The maximum absolute atomic E-state index is 13.3. The lowest BCUT2D eigenvalue weighted by Crippen LogP contribution is -2.30. The van der Waals surface area contributed by atoms with Crippen LogP contribution in [0.15, 0.2) is 48.5 Å². The first-order valence-electron chi connectivity index (χ1n) is 5.55. The van der Waals surface area contributed by atoms with Crippen molar-refractivity contribution in [2.45, 2.75) is 6.92 Å². The van der Waals surface area contributed by atoms with Gasteiger partial charge in [0.15, 0.2) is 0 Å². The summed E-state index contributed by atoms with van der Waals surface area (Å²) in [5.41, 5.74) is 6.69. The highest BCUT2D eigenvalue weighted by atomic mass is 19.1. The summed E-state index contributed by atoms with van der Waals surface area (Å²) in [6.07, 6.45) is 0. The maximum Gasteiger partial charge on any atom is 0.269 e. The van der Waals surface area contributed by atoms with E-state index in [4.69, 9.17) is 0 Å². The fourth-order valence-corrected chi connectivity index (χ4v) is 1.58. The van der Waals surface area contributed by atoms with Gasteiger partial charge in [0.2, 0.25) is 0 Å². The van der Waals surface area contributed by atoms with Gasteiger partial charge in [0, 0.05) is 5.56 Å². The van der Waals surface area contributed by atoms with E-state index < -0.39 is 5.82 Å². The Morgan fingerprint density at radius 1 is 1.06 bits per heavy atom. The van der Waals surface area contributed by atoms with E-state index in [1.807, 2.05) is 19.1 Å². The summed E-state index contributed by atoms with van der Waals surface area (Å²) in [5, 5.41) is 0. The molecule has 0 saturated carbocycles. The number of rotatable bonds is 3. The average Bonchev–Trinajstić information content (AvgIpc) is 2.38. The van der Waals surface area contributed by atoms with Gasteiger partial charge in [-0.2, -0.15) is 0 Å². The van der Waals surface area contributed by atoms with Gasteiger partial charge in [-0.25, -0.2) is 4.39 Å². The van der Waals surface area contributed by atoms with Crippen LogP contribution in [0.1, 0.15) is 15.9 Å². The Hall–Kier alpha value is -2.36. The van der Waals surface area contributed by atoms with Crippen LogP contribution < -0.4 is 10.9 Å². The number of hydrazine groups is 1. The van der Waals surface area contributed by atoms with Crippen LogP contribution in [-0.4, -0.2) is 5.91 Å². The minimum absolute atomic E-state index is 0.236. The predicted molar refractivity (Wildman–Crippen MR) is 68.7 cm³/mol. The fourth-order valence-electron chi connectivity index (χ4n) is 1.58. The number of carbonyl (C=O) groups excluding carboxylic acids is 1. The van der Waals surface area contributed by atoms with Gasteiger partial charge in [-0.05, 0) is 30.7 Å². The Kier molecular flexibility index (Phi) is 3.57. The minimum Gasteiger partial charge on any atom is -0.295 e. The summed E-state index contributed by atoms with van der Waals surface area (Å²) >= 11 is 0. The van der Waals surface area contributed by atoms with Crippen LogP contribution in [0.3, 0.4) is 0 Å². The molecule has 0 fully saturated rings. The number of hydrogen-bond donors (Lipinski definition) is 2. The third-order valence-corrected chi connectivity index (χ3v) is 2.57. The van der Waals surface area contributed by atoms with E-state index in [-0.39, 0.29) is 11.6 Å². The smallest absolute Gasteiger partial charge is 0.269 e. The van der Waals surface area contributed by atoms with Crippen molar-refractivity contribution in [3.05, 3.63) is 65.5 Å². The molecule has 18 heavy (non-hydrogen) atoms. The van der Waals surface area contributed by atoms with Crippen molar-refractivity contribution < 1.29 is 9.18 Å². The monoisotopic (exact) mass is 244 g/mol. The van der Waals surface area contributed by atoms with Gasteiger partial charge < -0.3 is 0 Å². The highest BCUT2D eigenvalue weighted by Gasteiger charge is 2.08. The molecule has 0 aliphatic rings. The molecule has 0 saturated heterocycles. The van der Waals surface area contributed by atoms with Crippen LogP contribution in [0.4, 0.5) is 10.1 Å². The van der Waals surface area contributed by atoms with Crippen molar-refractivity contribution in [1.29, 1.82) is 0 Å². The lowest BCUT2D eigenvalue weighted by molar-refractivity contribution is 0.0962.